The Morgan fingerprint density at radius 3 is 3.06 bits per heavy atom. The summed E-state index contributed by atoms with van der Waals surface area (Å²) < 4.78 is 8.10. The Hall–Kier alpha value is 0.190. The van der Waals surface area contributed by atoms with E-state index >= 15 is 0 Å². The van der Waals surface area contributed by atoms with E-state index in [1.54, 1.807) is 0 Å². The lowest BCUT2D eigenvalue weighted by molar-refractivity contribution is 0.352. The highest BCUT2D eigenvalue weighted by Gasteiger charge is 2.16. The molecule has 1 N–H and O–H groups in total. The molecule has 0 saturated heterocycles. The Morgan fingerprint density at radius 1 is 1.35 bits per heavy atom. The van der Waals surface area contributed by atoms with E-state index in [-0.39, 0.29) is 0 Å². The summed E-state index contributed by atoms with van der Waals surface area (Å²) in [7, 11) is 0. The lowest BCUT2D eigenvalue weighted by Gasteiger charge is -2.10. The predicted octanol–water partition coefficient (Wildman–Crippen LogP) is 3.69. The van der Waals surface area contributed by atoms with Gasteiger partial charge < -0.3 is 10.1 Å². The van der Waals surface area contributed by atoms with Crippen LogP contribution >= 0.6 is 38.5 Å². The van der Waals surface area contributed by atoms with Crippen molar-refractivity contribution in [3.05, 3.63) is 27.7 Å². The number of fused-ring (bicyclic) bond motifs is 1. The van der Waals surface area contributed by atoms with Crippen molar-refractivity contribution in [2.24, 2.45) is 0 Å². The molecule has 1 aromatic carbocycles. The minimum Gasteiger partial charge on any atom is -0.493 e. The van der Waals surface area contributed by atoms with E-state index in [9.17, 15) is 0 Å². The molecule has 1 heterocycles. The molecule has 0 radical (unpaired) electrons. The lowest BCUT2D eigenvalue weighted by Crippen LogP contribution is -2.15. The van der Waals surface area contributed by atoms with E-state index in [1.165, 1.54) is 28.4 Å². The number of benzene rings is 1. The van der Waals surface area contributed by atoms with E-state index < -0.39 is 0 Å². The van der Waals surface area contributed by atoms with Gasteiger partial charge in [0.05, 0.1) is 6.61 Å². The average molecular weight is 410 g/mol. The summed E-state index contributed by atoms with van der Waals surface area (Å²) in [6, 6.07) is 4.33. The SMILES string of the molecule is Brc1cc2c(c(CNCCCCI)c1)OCC2. The van der Waals surface area contributed by atoms with Gasteiger partial charge in [-0.15, -0.1) is 0 Å². The number of unbranched alkanes of at least 4 members (excludes halogenated alkanes) is 1. The van der Waals surface area contributed by atoms with Gasteiger partial charge in [-0.1, -0.05) is 38.5 Å². The second-order valence-corrected chi connectivity index (χ2v) is 6.22. The molecule has 0 aliphatic carbocycles. The second kappa shape index (κ2) is 6.95. The van der Waals surface area contributed by atoms with Crippen molar-refractivity contribution in [2.45, 2.75) is 25.8 Å². The lowest BCUT2D eigenvalue weighted by atomic mass is 10.1. The van der Waals surface area contributed by atoms with Crippen molar-refractivity contribution in [1.29, 1.82) is 0 Å². The highest BCUT2D eigenvalue weighted by Crippen LogP contribution is 2.32. The van der Waals surface area contributed by atoms with E-state index in [4.69, 9.17) is 4.74 Å². The van der Waals surface area contributed by atoms with Crippen molar-refractivity contribution >= 4 is 38.5 Å². The van der Waals surface area contributed by atoms with Crippen molar-refractivity contribution in [3.63, 3.8) is 0 Å². The number of hydrogen-bond donors (Lipinski definition) is 1. The Balaban J connectivity index is 1.92. The third kappa shape index (κ3) is 3.83. The van der Waals surface area contributed by atoms with Crippen molar-refractivity contribution in [2.75, 3.05) is 17.6 Å². The van der Waals surface area contributed by atoms with Crippen LogP contribution in [0.3, 0.4) is 0 Å². The van der Waals surface area contributed by atoms with Crippen LogP contribution in [0.2, 0.25) is 0 Å². The van der Waals surface area contributed by atoms with Crippen LogP contribution in [-0.4, -0.2) is 17.6 Å². The third-order valence-corrected chi connectivity index (χ3v) is 4.10. The summed E-state index contributed by atoms with van der Waals surface area (Å²) in [4.78, 5) is 0. The van der Waals surface area contributed by atoms with Crippen LogP contribution in [0.1, 0.15) is 24.0 Å². The zero-order valence-corrected chi connectivity index (χ0v) is 13.5. The summed E-state index contributed by atoms with van der Waals surface area (Å²) in [6.07, 6.45) is 3.58. The molecule has 0 bridgehead atoms. The van der Waals surface area contributed by atoms with Gasteiger partial charge in [-0.2, -0.15) is 0 Å². The van der Waals surface area contributed by atoms with Crippen molar-refractivity contribution < 1.29 is 4.74 Å². The number of rotatable bonds is 6. The molecule has 0 spiro atoms. The Bertz CT molecular complexity index is 384. The molecule has 0 fully saturated rings. The summed E-state index contributed by atoms with van der Waals surface area (Å²) in [5, 5.41) is 3.49. The van der Waals surface area contributed by atoms with Crippen LogP contribution in [0, 0.1) is 0 Å². The largest absolute Gasteiger partial charge is 0.493 e. The van der Waals surface area contributed by atoms with Gasteiger partial charge in [0, 0.05) is 23.0 Å². The maximum absolute atomic E-state index is 5.70. The van der Waals surface area contributed by atoms with Gasteiger partial charge in [-0.05, 0) is 41.5 Å². The van der Waals surface area contributed by atoms with Crippen LogP contribution < -0.4 is 10.1 Å². The number of ether oxygens (including phenoxy) is 1. The minimum absolute atomic E-state index is 0.827. The van der Waals surface area contributed by atoms with Gasteiger partial charge in [-0.25, -0.2) is 0 Å². The van der Waals surface area contributed by atoms with Gasteiger partial charge in [0.1, 0.15) is 5.75 Å². The fourth-order valence-electron chi connectivity index (χ4n) is 2.04. The van der Waals surface area contributed by atoms with Crippen molar-refractivity contribution in [3.8, 4) is 5.75 Å². The first-order valence-electron chi connectivity index (χ1n) is 6.02. The maximum atomic E-state index is 5.70. The Morgan fingerprint density at radius 2 is 2.24 bits per heavy atom. The van der Waals surface area contributed by atoms with E-state index in [0.717, 1.165) is 36.3 Å². The molecule has 94 valence electrons. The molecule has 4 heteroatoms. The van der Waals surface area contributed by atoms with Crippen LogP contribution in [0.5, 0.6) is 5.75 Å². The summed E-state index contributed by atoms with van der Waals surface area (Å²) in [5.41, 5.74) is 2.62. The molecule has 17 heavy (non-hydrogen) atoms. The van der Waals surface area contributed by atoms with Gasteiger partial charge in [-0.3, -0.25) is 0 Å². The summed E-state index contributed by atoms with van der Waals surface area (Å²) in [6.45, 7) is 2.82. The monoisotopic (exact) mass is 409 g/mol. The van der Waals surface area contributed by atoms with Gasteiger partial charge >= 0.3 is 0 Å². The molecule has 0 amide bonds. The molecule has 0 saturated carbocycles. The molecule has 0 atom stereocenters. The van der Waals surface area contributed by atoms with Crippen LogP contribution in [0.25, 0.3) is 0 Å². The van der Waals surface area contributed by atoms with Crippen LogP contribution in [0.15, 0.2) is 16.6 Å². The molecule has 2 nitrogen and oxygen atoms in total. The summed E-state index contributed by atoms with van der Waals surface area (Å²) in [5.74, 6) is 1.11. The zero-order valence-electron chi connectivity index (χ0n) is 9.77. The number of alkyl halides is 1. The molecule has 1 aromatic rings. The first kappa shape index (κ1) is 13.6. The second-order valence-electron chi connectivity index (χ2n) is 4.22. The van der Waals surface area contributed by atoms with E-state index in [1.807, 2.05) is 0 Å². The van der Waals surface area contributed by atoms with E-state index in [2.05, 4.69) is 56.0 Å². The first-order valence-corrected chi connectivity index (χ1v) is 8.34. The molecule has 0 unspecified atom stereocenters. The highest BCUT2D eigenvalue weighted by molar-refractivity contribution is 14.1. The van der Waals surface area contributed by atoms with Gasteiger partial charge in [0.2, 0.25) is 0 Å². The third-order valence-electron chi connectivity index (χ3n) is 2.88. The van der Waals surface area contributed by atoms with E-state index in [0.29, 0.717) is 0 Å². The highest BCUT2D eigenvalue weighted by atomic mass is 127. The fourth-order valence-corrected chi connectivity index (χ4v) is 3.14. The Labute approximate surface area is 125 Å². The Kier molecular flexibility index (Phi) is 5.56. The molecule has 1 aliphatic heterocycles. The van der Waals surface area contributed by atoms with Gasteiger partial charge in [0.15, 0.2) is 0 Å². The van der Waals surface area contributed by atoms with Crippen LogP contribution in [-0.2, 0) is 13.0 Å². The molecular formula is C13H17BrINO. The smallest absolute Gasteiger partial charge is 0.127 e. The predicted molar refractivity (Wildman–Crippen MR) is 83.2 cm³/mol. The standard InChI is InChI=1S/C13H17BrINO/c14-12-7-10-3-6-17-13(10)11(8-12)9-16-5-2-1-4-15/h7-8,16H,1-6,9H2. The molecular weight excluding hydrogens is 393 g/mol. The molecule has 1 aliphatic rings. The molecule has 0 aromatic heterocycles. The number of hydrogen-bond acceptors (Lipinski definition) is 2. The maximum Gasteiger partial charge on any atom is 0.127 e. The van der Waals surface area contributed by atoms with Crippen LogP contribution in [0.4, 0.5) is 0 Å². The van der Waals surface area contributed by atoms with Gasteiger partial charge in [0.25, 0.3) is 0 Å². The average Bonchev–Trinajstić information content (AvgIpc) is 2.76. The zero-order chi connectivity index (χ0) is 12.1. The van der Waals surface area contributed by atoms with Crippen molar-refractivity contribution in [1.82, 2.24) is 5.32 Å². The number of halogens is 2. The molecule has 2 rings (SSSR count). The summed E-state index contributed by atoms with van der Waals surface area (Å²) >= 11 is 5.99. The quantitative estimate of drug-likeness (QED) is 0.439. The topological polar surface area (TPSA) is 21.3 Å². The normalized spacial score (nSPS) is 13.5. The first-order chi connectivity index (χ1) is 8.31. The number of nitrogens with one attached hydrogen (secondary N) is 1. The fraction of sp³-hybridized carbons (Fsp3) is 0.538. The minimum atomic E-state index is 0.827.